The molecule has 3 N–H and O–H groups in total. The van der Waals surface area contributed by atoms with Crippen LogP contribution in [0.5, 0.6) is 0 Å². The van der Waals surface area contributed by atoms with Crippen LogP contribution >= 0.6 is 12.2 Å². The minimum atomic E-state index is 0.316. The molecule has 0 atom stereocenters. The van der Waals surface area contributed by atoms with Gasteiger partial charge < -0.3 is 11.1 Å². The summed E-state index contributed by atoms with van der Waals surface area (Å²) in [5.41, 5.74) is 9.24. The number of hydrogen-bond donors (Lipinski definition) is 2. The van der Waals surface area contributed by atoms with Crippen LogP contribution in [-0.4, -0.2) is 15.0 Å². The van der Waals surface area contributed by atoms with Gasteiger partial charge in [-0.25, -0.2) is 4.98 Å². The predicted molar refractivity (Wildman–Crippen MR) is 89.9 cm³/mol. The summed E-state index contributed by atoms with van der Waals surface area (Å²) in [6, 6.07) is 13.7. The lowest BCUT2D eigenvalue weighted by atomic mass is 10.1. The molecule has 0 saturated heterocycles. The van der Waals surface area contributed by atoms with Crippen molar-refractivity contribution in [3.05, 3.63) is 59.9 Å². The van der Waals surface area contributed by atoms with Gasteiger partial charge in [0, 0.05) is 11.1 Å². The molecule has 2 aromatic heterocycles. The third-order valence-electron chi connectivity index (χ3n) is 3.16. The molecule has 0 aliphatic heterocycles. The molecule has 4 nitrogen and oxygen atoms in total. The number of anilines is 2. The van der Waals surface area contributed by atoms with E-state index in [0.717, 1.165) is 27.8 Å². The number of thiocarbonyl (C=S) groups is 1. The number of aryl methyl sites for hydroxylation is 1. The summed E-state index contributed by atoms with van der Waals surface area (Å²) in [6.45, 7) is 1.94. The fourth-order valence-electron chi connectivity index (χ4n) is 2.08. The van der Waals surface area contributed by atoms with E-state index < -0.39 is 0 Å². The van der Waals surface area contributed by atoms with E-state index in [1.165, 1.54) is 0 Å². The lowest BCUT2D eigenvalue weighted by Crippen LogP contribution is -2.13. The Morgan fingerprint density at radius 2 is 2.00 bits per heavy atom. The molecular formula is C16H14N4S. The maximum Gasteiger partial charge on any atom is 0.141 e. The number of benzene rings is 1. The fourth-order valence-corrected chi connectivity index (χ4v) is 2.23. The predicted octanol–water partition coefficient (Wildman–Crippen LogP) is 3.32. The molecule has 0 fully saturated rings. The van der Waals surface area contributed by atoms with Gasteiger partial charge >= 0.3 is 0 Å². The van der Waals surface area contributed by atoms with Crippen LogP contribution in [0.2, 0.25) is 0 Å². The average molecular weight is 294 g/mol. The van der Waals surface area contributed by atoms with Crippen molar-refractivity contribution in [3.8, 4) is 0 Å². The smallest absolute Gasteiger partial charge is 0.141 e. The number of para-hydroxylation sites is 1. The van der Waals surface area contributed by atoms with E-state index in [-0.39, 0.29) is 0 Å². The van der Waals surface area contributed by atoms with Crippen molar-refractivity contribution in [2.24, 2.45) is 5.73 Å². The minimum Gasteiger partial charge on any atom is -0.389 e. The standard InChI is InChI=1S/C16H14N4S/c1-10-6-7-12(9-18-10)19-16-13(15(17)21)8-11-4-2-3-5-14(11)20-16/h2-9H,1H3,(H2,17,21)(H,19,20). The fraction of sp³-hybridized carbons (Fsp3) is 0.0625. The molecule has 5 heteroatoms. The van der Waals surface area contributed by atoms with Gasteiger partial charge in [0.2, 0.25) is 0 Å². The number of rotatable bonds is 3. The molecule has 0 radical (unpaired) electrons. The van der Waals surface area contributed by atoms with Crippen LogP contribution in [0.1, 0.15) is 11.3 Å². The highest BCUT2D eigenvalue weighted by atomic mass is 32.1. The Labute approximate surface area is 128 Å². The first-order valence-electron chi connectivity index (χ1n) is 6.53. The zero-order valence-corrected chi connectivity index (χ0v) is 12.3. The summed E-state index contributed by atoms with van der Waals surface area (Å²) >= 11 is 5.13. The van der Waals surface area contributed by atoms with Crippen molar-refractivity contribution in [3.63, 3.8) is 0 Å². The van der Waals surface area contributed by atoms with Crippen LogP contribution in [0.3, 0.4) is 0 Å². The molecular weight excluding hydrogens is 280 g/mol. The first kappa shape index (κ1) is 13.5. The molecule has 3 aromatic rings. The number of nitrogens with two attached hydrogens (primary N) is 1. The van der Waals surface area contributed by atoms with E-state index in [1.54, 1.807) is 6.20 Å². The highest BCUT2D eigenvalue weighted by Crippen LogP contribution is 2.23. The number of hydrogen-bond acceptors (Lipinski definition) is 4. The highest BCUT2D eigenvalue weighted by molar-refractivity contribution is 7.80. The normalized spacial score (nSPS) is 10.5. The Morgan fingerprint density at radius 3 is 2.71 bits per heavy atom. The van der Waals surface area contributed by atoms with Crippen molar-refractivity contribution in [1.82, 2.24) is 9.97 Å². The Hall–Kier alpha value is -2.53. The summed E-state index contributed by atoms with van der Waals surface area (Å²) in [4.78, 5) is 9.18. The summed E-state index contributed by atoms with van der Waals surface area (Å²) in [7, 11) is 0. The highest BCUT2D eigenvalue weighted by Gasteiger charge is 2.09. The van der Waals surface area contributed by atoms with Gasteiger partial charge in [0.25, 0.3) is 0 Å². The number of nitrogens with zero attached hydrogens (tertiary/aromatic N) is 2. The van der Waals surface area contributed by atoms with E-state index in [9.17, 15) is 0 Å². The van der Waals surface area contributed by atoms with Crippen LogP contribution < -0.4 is 11.1 Å². The second kappa shape index (κ2) is 5.46. The van der Waals surface area contributed by atoms with Crippen molar-refractivity contribution in [2.75, 3.05) is 5.32 Å². The van der Waals surface area contributed by atoms with Crippen LogP contribution in [0.15, 0.2) is 48.7 Å². The van der Waals surface area contributed by atoms with Crippen molar-refractivity contribution >= 4 is 39.6 Å². The van der Waals surface area contributed by atoms with E-state index in [2.05, 4.69) is 15.3 Å². The molecule has 0 amide bonds. The Balaban J connectivity index is 2.09. The van der Waals surface area contributed by atoms with Crippen LogP contribution in [0, 0.1) is 6.92 Å². The number of nitrogens with one attached hydrogen (secondary N) is 1. The maximum absolute atomic E-state index is 5.82. The Kier molecular flexibility index (Phi) is 3.50. The summed E-state index contributed by atoms with van der Waals surface area (Å²) in [5.74, 6) is 0.645. The average Bonchev–Trinajstić information content (AvgIpc) is 2.48. The molecule has 0 aliphatic carbocycles. The molecule has 21 heavy (non-hydrogen) atoms. The molecule has 1 aromatic carbocycles. The molecule has 104 valence electrons. The van der Waals surface area contributed by atoms with Gasteiger partial charge in [-0.15, -0.1) is 0 Å². The second-order valence-electron chi connectivity index (χ2n) is 4.75. The third-order valence-corrected chi connectivity index (χ3v) is 3.38. The molecule has 0 spiro atoms. The summed E-state index contributed by atoms with van der Waals surface area (Å²) in [6.07, 6.45) is 1.76. The van der Waals surface area contributed by atoms with Crippen LogP contribution in [0.4, 0.5) is 11.5 Å². The molecule has 2 heterocycles. The van der Waals surface area contributed by atoms with Gasteiger partial charge in [-0.1, -0.05) is 30.4 Å². The van der Waals surface area contributed by atoms with E-state index in [4.69, 9.17) is 18.0 Å². The zero-order chi connectivity index (χ0) is 14.8. The lowest BCUT2D eigenvalue weighted by Gasteiger charge is -2.11. The number of aromatic nitrogens is 2. The number of pyridine rings is 2. The van der Waals surface area contributed by atoms with Gasteiger partial charge in [-0.2, -0.15) is 0 Å². The molecule has 0 unspecified atom stereocenters. The third kappa shape index (κ3) is 2.83. The van der Waals surface area contributed by atoms with Crippen molar-refractivity contribution < 1.29 is 0 Å². The van der Waals surface area contributed by atoms with Crippen molar-refractivity contribution in [2.45, 2.75) is 6.92 Å². The van der Waals surface area contributed by atoms with Gasteiger partial charge in [-0.05, 0) is 31.2 Å². The summed E-state index contributed by atoms with van der Waals surface area (Å²) in [5, 5.41) is 4.24. The Morgan fingerprint density at radius 1 is 1.19 bits per heavy atom. The summed E-state index contributed by atoms with van der Waals surface area (Å²) < 4.78 is 0. The van der Waals surface area contributed by atoms with Gasteiger partial charge in [0.1, 0.15) is 10.8 Å². The van der Waals surface area contributed by atoms with Gasteiger partial charge in [0.05, 0.1) is 23.0 Å². The lowest BCUT2D eigenvalue weighted by molar-refractivity contribution is 1.20. The van der Waals surface area contributed by atoms with Crippen molar-refractivity contribution in [1.29, 1.82) is 0 Å². The molecule has 3 rings (SSSR count). The Bertz CT molecular complexity index is 812. The quantitative estimate of drug-likeness (QED) is 0.726. The van der Waals surface area contributed by atoms with E-state index >= 15 is 0 Å². The SMILES string of the molecule is Cc1ccc(Nc2nc3ccccc3cc2C(N)=S)cn1. The van der Waals surface area contributed by atoms with Gasteiger partial charge in [-0.3, -0.25) is 4.98 Å². The van der Waals surface area contributed by atoms with Crippen LogP contribution in [0.25, 0.3) is 10.9 Å². The minimum absolute atomic E-state index is 0.316. The zero-order valence-electron chi connectivity index (χ0n) is 11.5. The second-order valence-corrected chi connectivity index (χ2v) is 5.19. The van der Waals surface area contributed by atoms with Gasteiger partial charge in [0.15, 0.2) is 0 Å². The maximum atomic E-state index is 5.82. The molecule has 0 saturated carbocycles. The largest absolute Gasteiger partial charge is 0.389 e. The first-order chi connectivity index (χ1) is 10.1. The topological polar surface area (TPSA) is 63.8 Å². The monoisotopic (exact) mass is 294 g/mol. The first-order valence-corrected chi connectivity index (χ1v) is 6.93. The van der Waals surface area contributed by atoms with Crippen LogP contribution in [-0.2, 0) is 0 Å². The number of fused-ring (bicyclic) bond motifs is 1. The van der Waals surface area contributed by atoms with E-state index in [0.29, 0.717) is 10.8 Å². The molecule has 0 bridgehead atoms. The van der Waals surface area contributed by atoms with E-state index in [1.807, 2.05) is 49.4 Å². The molecule has 0 aliphatic rings.